The minimum absolute atomic E-state index is 0.0459. The molecular weight excluding hydrogens is 835 g/mol. The van der Waals surface area contributed by atoms with Gasteiger partial charge in [0, 0.05) is 37.8 Å². The van der Waals surface area contributed by atoms with Gasteiger partial charge in [-0.05, 0) is 75.6 Å². The molecule has 2 N–H and O–H groups in total. The first-order chi connectivity index (χ1) is 28.6. The number of anilines is 2. The molecule has 2 aromatic carbocycles. The third-order valence-electron chi connectivity index (χ3n) is 10.3. The zero-order valence-electron chi connectivity index (χ0n) is 32.1. The van der Waals surface area contributed by atoms with E-state index >= 15 is 0 Å². The van der Waals surface area contributed by atoms with E-state index in [-0.39, 0.29) is 49.3 Å². The van der Waals surface area contributed by atoms with Crippen LogP contribution < -0.4 is 20.1 Å². The van der Waals surface area contributed by atoms with Gasteiger partial charge in [-0.15, -0.1) is 0 Å². The highest BCUT2D eigenvalue weighted by atomic mass is 32.1. The molecule has 316 valence electrons. The van der Waals surface area contributed by atoms with E-state index < -0.39 is 24.2 Å². The van der Waals surface area contributed by atoms with Gasteiger partial charge >= 0.3 is 12.4 Å². The fourth-order valence-corrected chi connectivity index (χ4v) is 9.20. The van der Waals surface area contributed by atoms with Gasteiger partial charge < -0.3 is 20.1 Å². The zero-order valence-corrected chi connectivity index (χ0v) is 33.8. The number of fused-ring (bicyclic) bond motifs is 2. The van der Waals surface area contributed by atoms with E-state index in [1.807, 2.05) is 24.3 Å². The van der Waals surface area contributed by atoms with E-state index in [0.29, 0.717) is 81.6 Å². The number of alkyl halides is 6. The largest absolute Gasteiger partial charge is 0.437 e. The van der Waals surface area contributed by atoms with Crippen LogP contribution in [0, 0.1) is 11.8 Å². The number of para-hydroxylation sites is 2. The van der Waals surface area contributed by atoms with Crippen LogP contribution in [0.25, 0.3) is 20.4 Å². The van der Waals surface area contributed by atoms with E-state index in [4.69, 9.17) is 9.47 Å². The predicted molar refractivity (Wildman–Crippen MR) is 214 cm³/mol. The maximum absolute atomic E-state index is 12.9. The summed E-state index contributed by atoms with van der Waals surface area (Å²) in [5.74, 6) is -1.41. The summed E-state index contributed by atoms with van der Waals surface area (Å²) >= 11 is 2.66. The Morgan fingerprint density at radius 2 is 0.983 bits per heavy atom. The SMILES string of the molecule is CC(=O)Nc1nc2c(Oc3cc(C4CCC(C(F)(F)F)CC4)ncn3)cccc2s1.CC(=O)Nc1nc2c(Oc3cc(C4CCC(C(F)(F)F)CC4)ncn3)cccc2s1. The Balaban J connectivity index is 0.000000181. The molecule has 8 rings (SSSR count). The molecule has 2 fully saturated rings. The predicted octanol–water partition coefficient (Wildman–Crippen LogP) is 11.3. The van der Waals surface area contributed by atoms with Crippen LogP contribution in [0.4, 0.5) is 36.6 Å². The van der Waals surface area contributed by atoms with Crippen molar-refractivity contribution in [3.63, 3.8) is 0 Å². The third-order valence-corrected chi connectivity index (χ3v) is 12.2. The van der Waals surface area contributed by atoms with Gasteiger partial charge in [0.05, 0.1) is 32.6 Å². The van der Waals surface area contributed by atoms with Crippen molar-refractivity contribution in [2.75, 3.05) is 10.6 Å². The standard InChI is InChI=1S/2C20H19F3N4O2S/c2*1-11(28)26-19-27-18-15(3-2-4-16(18)30-19)29-17-9-14(24-10-25-17)12-5-7-13(8-6-12)20(21,22)23/h2*2-4,9-10,12-13H,5-8H2,1H3,(H,26,27,28). The van der Waals surface area contributed by atoms with Crippen molar-refractivity contribution in [3.8, 4) is 23.3 Å². The highest BCUT2D eigenvalue weighted by Crippen LogP contribution is 2.45. The number of hydrogen-bond donors (Lipinski definition) is 2. The molecule has 0 radical (unpaired) electrons. The second kappa shape index (κ2) is 18.0. The van der Waals surface area contributed by atoms with Crippen molar-refractivity contribution >= 4 is 65.2 Å². The molecule has 20 heteroatoms. The van der Waals surface area contributed by atoms with Crippen molar-refractivity contribution in [3.05, 3.63) is 72.6 Å². The summed E-state index contributed by atoms with van der Waals surface area (Å²) in [6.45, 7) is 2.82. The average molecular weight is 873 g/mol. The molecule has 2 aliphatic rings. The molecule has 0 unspecified atom stereocenters. The quantitative estimate of drug-likeness (QED) is 0.141. The Labute approximate surface area is 347 Å². The zero-order chi connectivity index (χ0) is 42.6. The fourth-order valence-electron chi connectivity index (χ4n) is 7.34. The summed E-state index contributed by atoms with van der Waals surface area (Å²) in [6, 6.07) is 14.2. The number of nitrogens with one attached hydrogen (secondary N) is 2. The van der Waals surface area contributed by atoms with Gasteiger partial charge in [-0.2, -0.15) is 26.3 Å². The summed E-state index contributed by atoms with van der Waals surface area (Å²) in [5, 5.41) is 6.26. The normalized spacial score (nSPS) is 19.6. The number of ether oxygens (including phenoxy) is 2. The molecule has 0 saturated heterocycles. The van der Waals surface area contributed by atoms with E-state index in [0.717, 1.165) is 9.40 Å². The van der Waals surface area contributed by atoms with Gasteiger partial charge in [0.2, 0.25) is 23.6 Å². The Morgan fingerprint density at radius 3 is 1.33 bits per heavy atom. The Morgan fingerprint density at radius 1 is 0.600 bits per heavy atom. The molecule has 60 heavy (non-hydrogen) atoms. The van der Waals surface area contributed by atoms with E-state index in [2.05, 4.69) is 40.5 Å². The Kier molecular flexibility index (Phi) is 12.8. The smallest absolute Gasteiger partial charge is 0.391 e. The molecule has 2 saturated carbocycles. The topological polar surface area (TPSA) is 154 Å². The number of nitrogens with zero attached hydrogens (tertiary/aromatic N) is 6. The lowest BCUT2D eigenvalue weighted by molar-refractivity contribution is -0.183. The minimum Gasteiger partial charge on any atom is -0.437 e. The molecule has 2 aliphatic carbocycles. The van der Waals surface area contributed by atoms with Crippen LogP contribution in [0.15, 0.2) is 61.2 Å². The van der Waals surface area contributed by atoms with Crippen LogP contribution in [-0.4, -0.2) is 54.1 Å². The first-order valence-electron chi connectivity index (χ1n) is 19.1. The van der Waals surface area contributed by atoms with Crippen LogP contribution in [0.3, 0.4) is 0 Å². The number of halogens is 6. The average Bonchev–Trinajstić information content (AvgIpc) is 3.81. The molecule has 0 spiro atoms. The molecule has 2 amide bonds. The van der Waals surface area contributed by atoms with Gasteiger partial charge in [0.25, 0.3) is 0 Å². The van der Waals surface area contributed by atoms with E-state index in [9.17, 15) is 35.9 Å². The second-order valence-corrected chi connectivity index (χ2v) is 16.6. The lowest BCUT2D eigenvalue weighted by Crippen LogP contribution is -2.27. The number of hydrogen-bond acceptors (Lipinski definition) is 12. The summed E-state index contributed by atoms with van der Waals surface area (Å²) in [4.78, 5) is 48.1. The molecule has 0 aliphatic heterocycles. The number of thiazole rings is 2. The molecule has 0 bridgehead atoms. The lowest BCUT2D eigenvalue weighted by Gasteiger charge is -2.29. The van der Waals surface area contributed by atoms with Crippen molar-refractivity contribution < 1.29 is 45.4 Å². The molecular formula is C40H38F6N8O4S2. The highest BCUT2D eigenvalue weighted by Gasteiger charge is 2.43. The number of benzene rings is 2. The van der Waals surface area contributed by atoms with Gasteiger partial charge in [0.15, 0.2) is 21.8 Å². The lowest BCUT2D eigenvalue weighted by atomic mass is 9.80. The molecule has 12 nitrogen and oxygen atoms in total. The monoisotopic (exact) mass is 872 g/mol. The van der Waals surface area contributed by atoms with E-state index in [1.54, 1.807) is 24.3 Å². The summed E-state index contributed by atoms with van der Waals surface area (Å²) in [7, 11) is 0. The van der Waals surface area contributed by atoms with Crippen molar-refractivity contribution in [2.24, 2.45) is 11.8 Å². The Bertz CT molecular complexity index is 2290. The molecule has 4 aromatic heterocycles. The van der Waals surface area contributed by atoms with Crippen LogP contribution in [-0.2, 0) is 9.59 Å². The molecule has 6 aromatic rings. The summed E-state index contributed by atoms with van der Waals surface area (Å²) < 4.78 is 90.9. The van der Waals surface area contributed by atoms with Crippen molar-refractivity contribution in [1.29, 1.82) is 0 Å². The van der Waals surface area contributed by atoms with Crippen LogP contribution in [0.2, 0.25) is 0 Å². The third kappa shape index (κ3) is 10.6. The van der Waals surface area contributed by atoms with Gasteiger partial charge in [-0.1, -0.05) is 34.8 Å². The van der Waals surface area contributed by atoms with Crippen molar-refractivity contribution in [1.82, 2.24) is 29.9 Å². The Hall–Kier alpha value is -5.50. The summed E-state index contributed by atoms with van der Waals surface area (Å²) in [5.41, 5.74) is 2.56. The van der Waals surface area contributed by atoms with Crippen LogP contribution in [0.1, 0.15) is 88.4 Å². The number of rotatable bonds is 8. The van der Waals surface area contributed by atoms with E-state index in [1.165, 1.54) is 49.2 Å². The van der Waals surface area contributed by atoms with Gasteiger partial charge in [-0.25, -0.2) is 29.9 Å². The second-order valence-electron chi connectivity index (χ2n) is 14.6. The minimum atomic E-state index is -4.13. The highest BCUT2D eigenvalue weighted by molar-refractivity contribution is 7.22. The maximum atomic E-state index is 12.9. The molecule has 0 atom stereocenters. The summed E-state index contributed by atoms with van der Waals surface area (Å²) in [6.07, 6.45) is -3.36. The van der Waals surface area contributed by atoms with Gasteiger partial charge in [0.1, 0.15) is 23.7 Å². The molecule has 4 heterocycles. The number of aromatic nitrogens is 6. The van der Waals surface area contributed by atoms with Crippen LogP contribution in [0.5, 0.6) is 23.3 Å². The van der Waals surface area contributed by atoms with Crippen LogP contribution >= 0.6 is 22.7 Å². The maximum Gasteiger partial charge on any atom is 0.391 e. The first kappa shape index (κ1) is 42.6. The number of carbonyl (C=O) groups is 2. The first-order valence-corrected chi connectivity index (χ1v) is 20.7. The van der Waals surface area contributed by atoms with Gasteiger partial charge in [-0.3, -0.25) is 9.59 Å². The fraction of sp³-hybridized carbons (Fsp3) is 0.400. The number of carbonyl (C=O) groups excluding carboxylic acids is 2. The number of amides is 2. The van der Waals surface area contributed by atoms with Crippen molar-refractivity contribution in [2.45, 2.75) is 89.4 Å².